The number of hydrogen-bond donors (Lipinski definition) is 2. The molecule has 2 fully saturated rings. The van der Waals surface area contributed by atoms with Crippen molar-refractivity contribution in [2.75, 3.05) is 26.7 Å². The lowest BCUT2D eigenvalue weighted by molar-refractivity contribution is -0.145. The molecule has 1 aliphatic carbocycles. The SMILES string of the molecule is CC1CN(CCC2CCCC2(N)C(=O)O)CC(C)N1C. The average molecular weight is 283 g/mol. The second kappa shape index (κ2) is 6.00. The number of carboxylic acid groups (broad SMARTS) is 1. The number of rotatable bonds is 4. The summed E-state index contributed by atoms with van der Waals surface area (Å²) < 4.78 is 0. The first-order valence-electron chi connectivity index (χ1n) is 7.81. The van der Waals surface area contributed by atoms with Crippen LogP contribution in [-0.2, 0) is 4.79 Å². The second-order valence-corrected chi connectivity index (χ2v) is 6.85. The van der Waals surface area contributed by atoms with Crippen molar-refractivity contribution in [2.45, 2.75) is 57.2 Å². The molecular formula is C15H29N3O2. The van der Waals surface area contributed by atoms with E-state index in [0.717, 1.165) is 38.9 Å². The molecule has 3 N–H and O–H groups in total. The van der Waals surface area contributed by atoms with Gasteiger partial charge in [-0.15, -0.1) is 0 Å². The molecule has 0 radical (unpaired) electrons. The topological polar surface area (TPSA) is 69.8 Å². The van der Waals surface area contributed by atoms with E-state index in [1.807, 2.05) is 0 Å². The van der Waals surface area contributed by atoms with Crippen molar-refractivity contribution < 1.29 is 9.90 Å². The maximum atomic E-state index is 11.4. The molecule has 1 aliphatic heterocycles. The number of carbonyl (C=O) groups is 1. The summed E-state index contributed by atoms with van der Waals surface area (Å²) in [6.45, 7) is 7.61. The maximum absolute atomic E-state index is 11.4. The van der Waals surface area contributed by atoms with Crippen molar-refractivity contribution in [1.82, 2.24) is 9.80 Å². The van der Waals surface area contributed by atoms with E-state index in [-0.39, 0.29) is 5.92 Å². The highest BCUT2D eigenvalue weighted by Crippen LogP contribution is 2.36. The molecule has 5 nitrogen and oxygen atoms in total. The van der Waals surface area contributed by atoms with E-state index in [1.54, 1.807) is 0 Å². The summed E-state index contributed by atoms with van der Waals surface area (Å²) in [4.78, 5) is 16.3. The fourth-order valence-corrected chi connectivity index (χ4v) is 3.82. The van der Waals surface area contributed by atoms with E-state index in [2.05, 4.69) is 30.7 Å². The number of nitrogens with zero attached hydrogens (tertiary/aromatic N) is 2. The zero-order valence-corrected chi connectivity index (χ0v) is 13.0. The first kappa shape index (κ1) is 15.7. The molecule has 1 saturated heterocycles. The molecule has 116 valence electrons. The molecule has 2 rings (SSSR count). The Morgan fingerprint density at radius 2 is 1.95 bits per heavy atom. The van der Waals surface area contributed by atoms with Gasteiger partial charge in [0, 0.05) is 25.2 Å². The third-order valence-electron chi connectivity index (χ3n) is 5.50. The van der Waals surface area contributed by atoms with E-state index in [4.69, 9.17) is 5.73 Å². The van der Waals surface area contributed by atoms with E-state index >= 15 is 0 Å². The molecule has 0 amide bonds. The van der Waals surface area contributed by atoms with Crippen molar-refractivity contribution in [1.29, 1.82) is 0 Å². The minimum atomic E-state index is -0.982. The van der Waals surface area contributed by atoms with Crippen LogP contribution < -0.4 is 5.73 Å². The molecule has 1 heterocycles. The van der Waals surface area contributed by atoms with Crippen LogP contribution in [0, 0.1) is 5.92 Å². The fourth-order valence-electron chi connectivity index (χ4n) is 3.82. The van der Waals surface area contributed by atoms with Gasteiger partial charge in [0.1, 0.15) is 5.54 Å². The molecule has 1 saturated carbocycles. The third kappa shape index (κ3) is 3.00. The zero-order chi connectivity index (χ0) is 14.9. The average Bonchev–Trinajstić information content (AvgIpc) is 2.76. The van der Waals surface area contributed by atoms with Gasteiger partial charge >= 0.3 is 5.97 Å². The van der Waals surface area contributed by atoms with Gasteiger partial charge in [0.15, 0.2) is 0 Å². The standard InChI is InChI=1S/C15H29N3O2/c1-11-9-18(10-12(2)17(11)3)8-6-13-5-4-7-15(13,16)14(19)20/h11-13H,4-10,16H2,1-3H3,(H,19,20). The Morgan fingerprint density at radius 3 is 2.50 bits per heavy atom. The molecule has 0 bridgehead atoms. The highest BCUT2D eigenvalue weighted by molar-refractivity contribution is 5.79. The quantitative estimate of drug-likeness (QED) is 0.805. The fraction of sp³-hybridized carbons (Fsp3) is 0.933. The zero-order valence-electron chi connectivity index (χ0n) is 13.0. The Kier molecular flexibility index (Phi) is 4.72. The Bertz CT molecular complexity index is 351. The van der Waals surface area contributed by atoms with Crippen LogP contribution in [0.5, 0.6) is 0 Å². The van der Waals surface area contributed by atoms with E-state index < -0.39 is 11.5 Å². The van der Waals surface area contributed by atoms with Gasteiger partial charge in [-0.3, -0.25) is 9.69 Å². The minimum Gasteiger partial charge on any atom is -0.480 e. The van der Waals surface area contributed by atoms with Gasteiger partial charge in [0.05, 0.1) is 0 Å². The molecule has 0 aromatic rings. The summed E-state index contributed by atoms with van der Waals surface area (Å²) in [5.74, 6) is -0.689. The number of carboxylic acids is 1. The van der Waals surface area contributed by atoms with Crippen LogP contribution in [0.1, 0.15) is 39.5 Å². The summed E-state index contributed by atoms with van der Waals surface area (Å²) in [5.41, 5.74) is 5.13. The lowest BCUT2D eigenvalue weighted by atomic mass is 9.85. The third-order valence-corrected chi connectivity index (χ3v) is 5.50. The number of hydrogen-bond acceptors (Lipinski definition) is 4. The number of aliphatic carboxylic acids is 1. The molecule has 20 heavy (non-hydrogen) atoms. The van der Waals surface area contributed by atoms with Crippen molar-refractivity contribution in [3.05, 3.63) is 0 Å². The van der Waals surface area contributed by atoms with Gasteiger partial charge < -0.3 is 15.7 Å². The summed E-state index contributed by atoms with van der Waals surface area (Å²) in [6.07, 6.45) is 3.44. The van der Waals surface area contributed by atoms with Crippen LogP contribution in [0.4, 0.5) is 0 Å². The van der Waals surface area contributed by atoms with Crippen LogP contribution in [0.25, 0.3) is 0 Å². The summed E-state index contributed by atoms with van der Waals surface area (Å²) in [7, 11) is 2.18. The van der Waals surface area contributed by atoms with Gasteiger partial charge in [0.2, 0.25) is 0 Å². The largest absolute Gasteiger partial charge is 0.480 e. The van der Waals surface area contributed by atoms with Crippen LogP contribution in [-0.4, -0.2) is 65.2 Å². The monoisotopic (exact) mass is 283 g/mol. The molecule has 4 atom stereocenters. The molecule has 2 aliphatic rings. The molecular weight excluding hydrogens is 254 g/mol. The molecule has 0 aromatic heterocycles. The summed E-state index contributed by atoms with van der Waals surface area (Å²) in [6, 6.07) is 1.12. The molecule has 0 spiro atoms. The molecule has 0 aromatic carbocycles. The summed E-state index contributed by atoms with van der Waals surface area (Å²) >= 11 is 0. The Labute approximate surface area is 122 Å². The first-order chi connectivity index (χ1) is 9.34. The highest BCUT2D eigenvalue weighted by Gasteiger charge is 2.45. The summed E-state index contributed by atoms with van der Waals surface area (Å²) in [5, 5.41) is 9.35. The molecule has 5 heteroatoms. The molecule has 4 unspecified atom stereocenters. The van der Waals surface area contributed by atoms with E-state index in [0.29, 0.717) is 18.5 Å². The predicted molar refractivity (Wildman–Crippen MR) is 79.6 cm³/mol. The van der Waals surface area contributed by atoms with Gasteiger partial charge in [-0.1, -0.05) is 6.42 Å². The lowest BCUT2D eigenvalue weighted by Crippen LogP contribution is -2.56. The Balaban J connectivity index is 1.88. The smallest absolute Gasteiger partial charge is 0.323 e. The van der Waals surface area contributed by atoms with Gasteiger partial charge in [-0.2, -0.15) is 0 Å². The van der Waals surface area contributed by atoms with E-state index in [9.17, 15) is 9.90 Å². The highest BCUT2D eigenvalue weighted by atomic mass is 16.4. The maximum Gasteiger partial charge on any atom is 0.323 e. The van der Waals surface area contributed by atoms with Crippen LogP contribution in [0.2, 0.25) is 0 Å². The Morgan fingerprint density at radius 1 is 1.35 bits per heavy atom. The van der Waals surface area contributed by atoms with Crippen LogP contribution in [0.15, 0.2) is 0 Å². The van der Waals surface area contributed by atoms with Crippen LogP contribution >= 0.6 is 0 Å². The van der Waals surface area contributed by atoms with Gasteiger partial charge in [0.25, 0.3) is 0 Å². The minimum absolute atomic E-state index is 0.130. The lowest BCUT2D eigenvalue weighted by Gasteiger charge is -2.43. The van der Waals surface area contributed by atoms with Crippen LogP contribution in [0.3, 0.4) is 0 Å². The normalized spacial score (nSPS) is 40.1. The van der Waals surface area contributed by atoms with Crippen molar-refractivity contribution >= 4 is 5.97 Å². The number of nitrogens with two attached hydrogens (primary N) is 1. The van der Waals surface area contributed by atoms with Gasteiger partial charge in [-0.25, -0.2) is 0 Å². The van der Waals surface area contributed by atoms with Gasteiger partial charge in [-0.05, 0) is 52.6 Å². The number of likely N-dealkylation sites (N-methyl/N-ethyl adjacent to an activating group) is 1. The predicted octanol–water partition coefficient (Wildman–Crippen LogP) is 0.983. The van der Waals surface area contributed by atoms with Crippen molar-refractivity contribution in [2.24, 2.45) is 11.7 Å². The number of piperazine rings is 1. The van der Waals surface area contributed by atoms with E-state index in [1.165, 1.54) is 0 Å². The second-order valence-electron chi connectivity index (χ2n) is 6.85. The Hall–Kier alpha value is -0.650. The first-order valence-corrected chi connectivity index (χ1v) is 7.81. The van der Waals surface area contributed by atoms with Crippen molar-refractivity contribution in [3.63, 3.8) is 0 Å². The van der Waals surface area contributed by atoms with Crippen molar-refractivity contribution in [3.8, 4) is 0 Å².